The summed E-state index contributed by atoms with van der Waals surface area (Å²) in [6, 6.07) is 9.47. The number of nitrogens with zero attached hydrogens (tertiary/aromatic N) is 6. The van der Waals surface area contributed by atoms with Crippen LogP contribution in [-0.2, 0) is 23.6 Å². The lowest BCUT2D eigenvalue weighted by atomic mass is 10.0. The molecule has 11 nitrogen and oxygen atoms in total. The second-order valence-electron chi connectivity index (χ2n) is 12.6. The fourth-order valence-electron chi connectivity index (χ4n) is 6.31. The Kier molecular flexibility index (Phi) is 6.88. The zero-order valence-electron chi connectivity index (χ0n) is 25.0. The van der Waals surface area contributed by atoms with Crippen LogP contribution in [0.4, 0.5) is 5.82 Å². The summed E-state index contributed by atoms with van der Waals surface area (Å²) < 4.78 is 36.9. The van der Waals surface area contributed by atoms with Crippen molar-refractivity contribution in [3.63, 3.8) is 0 Å². The lowest BCUT2D eigenvalue weighted by molar-refractivity contribution is 0.0708. The molecule has 12 heteroatoms. The minimum Gasteiger partial charge on any atom is -0.494 e. The Morgan fingerprint density at radius 3 is 2.53 bits per heavy atom. The Labute approximate surface area is 251 Å². The number of amides is 1. The van der Waals surface area contributed by atoms with E-state index in [-0.39, 0.29) is 11.9 Å². The van der Waals surface area contributed by atoms with Gasteiger partial charge in [0.25, 0.3) is 5.91 Å². The standard InChI is InChI=1S/C31H39N7O4S/c1-35-28-24(13-22(15-26(28)42-2)31(39)36-12-4-5-23(32)18-36)33-30(35)25-14-21-10-11-27(34-29(21)37(25)16-19-6-7-19)38(43(3,40)41)17-20-8-9-20/h10-11,13-15,19-20,23H,4-9,12,16-18,32H2,1-3H3/t23-/m1/s1. The van der Waals surface area contributed by atoms with Gasteiger partial charge in [0.2, 0.25) is 10.0 Å². The maximum atomic E-state index is 13.5. The summed E-state index contributed by atoms with van der Waals surface area (Å²) in [7, 11) is 0.0925. The highest BCUT2D eigenvalue weighted by Gasteiger charge is 2.31. The summed E-state index contributed by atoms with van der Waals surface area (Å²) in [5.74, 6) is 2.63. The third kappa shape index (κ3) is 5.35. The molecule has 228 valence electrons. The third-order valence-corrected chi connectivity index (χ3v) is 10.2. The molecule has 2 aliphatic carbocycles. The van der Waals surface area contributed by atoms with E-state index in [0.717, 1.165) is 73.1 Å². The van der Waals surface area contributed by atoms with Crippen LogP contribution in [0.25, 0.3) is 33.6 Å². The van der Waals surface area contributed by atoms with Crippen LogP contribution < -0.4 is 14.8 Å². The number of sulfonamides is 1. The molecule has 2 saturated carbocycles. The highest BCUT2D eigenvalue weighted by Crippen LogP contribution is 2.39. The van der Waals surface area contributed by atoms with Gasteiger partial charge in [-0.05, 0) is 80.7 Å². The smallest absolute Gasteiger partial charge is 0.254 e. The van der Waals surface area contributed by atoms with Crippen molar-refractivity contribution in [1.82, 2.24) is 24.0 Å². The first-order chi connectivity index (χ1) is 20.6. The van der Waals surface area contributed by atoms with Crippen LogP contribution >= 0.6 is 0 Å². The van der Waals surface area contributed by atoms with Gasteiger partial charge < -0.3 is 24.5 Å². The number of benzene rings is 1. The SMILES string of the molecule is COc1cc(C(=O)N2CCC[C@@H](N)C2)cc2nc(-c3cc4ccc(N(CC5CC5)S(C)(=O)=O)nc4n3CC3CC3)n(C)c12. The Bertz CT molecular complexity index is 1840. The van der Waals surface area contributed by atoms with Crippen LogP contribution in [0.2, 0.25) is 0 Å². The lowest BCUT2D eigenvalue weighted by Crippen LogP contribution is -2.45. The number of piperidine rings is 1. The highest BCUT2D eigenvalue weighted by molar-refractivity contribution is 7.92. The van der Waals surface area contributed by atoms with Crippen molar-refractivity contribution in [3.8, 4) is 17.3 Å². The summed E-state index contributed by atoms with van der Waals surface area (Å²) >= 11 is 0. The van der Waals surface area contributed by atoms with Crippen molar-refractivity contribution < 1.29 is 17.9 Å². The zero-order valence-corrected chi connectivity index (χ0v) is 25.8. The van der Waals surface area contributed by atoms with E-state index in [1.54, 1.807) is 19.2 Å². The van der Waals surface area contributed by atoms with Crippen molar-refractivity contribution in [2.24, 2.45) is 24.6 Å². The summed E-state index contributed by atoms with van der Waals surface area (Å²) in [5, 5.41) is 0.926. The minimum absolute atomic E-state index is 0.00879. The Morgan fingerprint density at radius 2 is 1.86 bits per heavy atom. The lowest BCUT2D eigenvalue weighted by Gasteiger charge is -2.30. The van der Waals surface area contributed by atoms with Crippen molar-refractivity contribution in [2.75, 3.05) is 37.3 Å². The van der Waals surface area contributed by atoms with Crippen LogP contribution in [-0.4, -0.2) is 77.4 Å². The number of anilines is 1. The van der Waals surface area contributed by atoms with Crippen molar-refractivity contribution in [3.05, 3.63) is 35.9 Å². The van der Waals surface area contributed by atoms with Crippen LogP contribution in [0.15, 0.2) is 30.3 Å². The molecule has 1 saturated heterocycles. The maximum Gasteiger partial charge on any atom is 0.254 e. The van der Waals surface area contributed by atoms with Gasteiger partial charge in [-0.1, -0.05) is 0 Å². The molecule has 43 heavy (non-hydrogen) atoms. The molecule has 0 unspecified atom stereocenters. The van der Waals surface area contributed by atoms with Crippen molar-refractivity contribution >= 4 is 43.8 Å². The number of hydrogen-bond donors (Lipinski definition) is 1. The van der Waals surface area contributed by atoms with E-state index in [2.05, 4.69) is 10.6 Å². The molecule has 1 amide bonds. The average Bonchev–Trinajstić information content (AvgIpc) is 3.91. The molecule has 0 bridgehead atoms. The van der Waals surface area contributed by atoms with Gasteiger partial charge in [-0.3, -0.25) is 9.10 Å². The van der Waals surface area contributed by atoms with Gasteiger partial charge in [0, 0.05) is 50.2 Å². The number of imidazole rings is 1. The second kappa shape index (κ2) is 10.5. The molecule has 3 fully saturated rings. The molecule has 0 radical (unpaired) electrons. The van der Waals surface area contributed by atoms with E-state index in [1.165, 1.54) is 10.6 Å². The molecule has 1 aromatic carbocycles. The summed E-state index contributed by atoms with van der Waals surface area (Å²) in [5.41, 5.74) is 9.81. The second-order valence-corrected chi connectivity index (χ2v) is 14.5. The number of aryl methyl sites for hydroxylation is 1. The van der Waals surface area contributed by atoms with E-state index >= 15 is 0 Å². The van der Waals surface area contributed by atoms with Crippen LogP contribution in [0.1, 0.15) is 48.9 Å². The molecule has 1 atom stereocenters. The Balaban J connectivity index is 1.33. The fraction of sp³-hybridized carbons (Fsp3) is 0.516. The first-order valence-corrected chi connectivity index (χ1v) is 17.0. The van der Waals surface area contributed by atoms with Gasteiger partial charge >= 0.3 is 0 Å². The normalized spacial score (nSPS) is 19.3. The topological polar surface area (TPSA) is 129 Å². The van der Waals surface area contributed by atoms with Gasteiger partial charge in [0.15, 0.2) is 5.82 Å². The quantitative estimate of drug-likeness (QED) is 0.308. The maximum absolute atomic E-state index is 13.5. The van der Waals surface area contributed by atoms with Crippen molar-refractivity contribution in [2.45, 2.75) is 51.1 Å². The largest absolute Gasteiger partial charge is 0.494 e. The van der Waals surface area contributed by atoms with E-state index in [4.69, 9.17) is 20.4 Å². The van der Waals surface area contributed by atoms with Gasteiger partial charge in [-0.15, -0.1) is 0 Å². The van der Waals surface area contributed by atoms with E-state index in [9.17, 15) is 13.2 Å². The van der Waals surface area contributed by atoms with Crippen LogP contribution in [0.3, 0.4) is 0 Å². The van der Waals surface area contributed by atoms with Gasteiger partial charge in [-0.25, -0.2) is 18.4 Å². The first kappa shape index (κ1) is 28.1. The van der Waals surface area contributed by atoms with E-state index in [0.29, 0.717) is 54.1 Å². The molecular weight excluding hydrogens is 566 g/mol. The van der Waals surface area contributed by atoms with Crippen molar-refractivity contribution in [1.29, 1.82) is 0 Å². The van der Waals surface area contributed by atoms with Gasteiger partial charge in [0.05, 0.1) is 24.6 Å². The Morgan fingerprint density at radius 1 is 1.09 bits per heavy atom. The Hall–Kier alpha value is -3.64. The molecule has 3 aromatic heterocycles. The van der Waals surface area contributed by atoms with E-state index in [1.807, 2.05) is 28.6 Å². The number of aromatic nitrogens is 4. The number of likely N-dealkylation sites (tertiary alicyclic amines) is 1. The summed E-state index contributed by atoms with van der Waals surface area (Å²) in [6.07, 6.45) is 7.46. The molecular formula is C31H39N7O4S. The number of pyridine rings is 1. The van der Waals surface area contributed by atoms with Gasteiger partial charge in [0.1, 0.15) is 22.7 Å². The number of ether oxygens (including phenoxy) is 1. The number of nitrogens with two attached hydrogens (primary N) is 1. The first-order valence-electron chi connectivity index (χ1n) is 15.2. The zero-order chi connectivity index (χ0) is 30.0. The molecule has 2 N–H and O–H groups in total. The van der Waals surface area contributed by atoms with Gasteiger partial charge in [-0.2, -0.15) is 0 Å². The summed E-state index contributed by atoms with van der Waals surface area (Å²) in [6.45, 7) is 2.47. The monoisotopic (exact) mass is 605 g/mol. The number of carbonyl (C=O) groups is 1. The number of rotatable bonds is 9. The number of methoxy groups -OCH3 is 1. The fourth-order valence-corrected chi connectivity index (χ4v) is 7.24. The van der Waals surface area contributed by atoms with Crippen LogP contribution in [0.5, 0.6) is 5.75 Å². The third-order valence-electron chi connectivity index (χ3n) is 9.02. The molecule has 4 aromatic rings. The number of hydrogen-bond acceptors (Lipinski definition) is 7. The molecule has 0 spiro atoms. The summed E-state index contributed by atoms with van der Waals surface area (Å²) in [4.78, 5) is 25.3. The molecule has 4 heterocycles. The van der Waals surface area contributed by atoms with E-state index < -0.39 is 10.0 Å². The molecule has 7 rings (SSSR count). The molecule has 3 aliphatic rings. The predicted octanol–water partition coefficient (Wildman–Crippen LogP) is 3.75. The minimum atomic E-state index is -3.47. The predicted molar refractivity (Wildman–Crippen MR) is 167 cm³/mol. The average molecular weight is 606 g/mol. The highest BCUT2D eigenvalue weighted by atomic mass is 32.2. The number of carbonyl (C=O) groups excluding carboxylic acids is 1. The van der Waals surface area contributed by atoms with Crippen LogP contribution in [0, 0.1) is 11.8 Å². The number of fused-ring (bicyclic) bond motifs is 2. The molecule has 1 aliphatic heterocycles.